The number of hydrogen-bond acceptors (Lipinski definition) is 4. The van der Waals surface area contributed by atoms with Crippen LogP contribution in [0.1, 0.15) is 35.0 Å². The molecule has 0 spiro atoms. The maximum Gasteiger partial charge on any atom is 0.227 e. The number of nitrogens with one attached hydrogen (secondary N) is 1. The Labute approximate surface area is 112 Å². The first kappa shape index (κ1) is 13.5. The van der Waals surface area contributed by atoms with Crippen LogP contribution in [0.2, 0.25) is 0 Å². The van der Waals surface area contributed by atoms with Crippen molar-refractivity contribution in [1.82, 2.24) is 15.2 Å². The van der Waals surface area contributed by atoms with E-state index in [4.69, 9.17) is 0 Å². The smallest absolute Gasteiger partial charge is 0.227 e. The molecule has 0 bridgehead atoms. The van der Waals surface area contributed by atoms with Crippen molar-refractivity contribution in [3.8, 4) is 0 Å². The van der Waals surface area contributed by atoms with E-state index in [1.165, 1.54) is 4.88 Å². The van der Waals surface area contributed by atoms with E-state index in [0.29, 0.717) is 0 Å². The van der Waals surface area contributed by atoms with Crippen LogP contribution in [0, 0.1) is 19.8 Å². The van der Waals surface area contributed by atoms with Crippen LogP contribution in [0.25, 0.3) is 0 Å². The van der Waals surface area contributed by atoms with Gasteiger partial charge in [-0.15, -0.1) is 11.3 Å². The zero-order chi connectivity index (χ0) is 13.3. The van der Waals surface area contributed by atoms with Gasteiger partial charge in [0.15, 0.2) is 0 Å². The lowest BCUT2D eigenvalue weighted by molar-refractivity contribution is -0.135. The molecule has 1 aliphatic rings. The Morgan fingerprint density at radius 3 is 2.78 bits per heavy atom. The van der Waals surface area contributed by atoms with Gasteiger partial charge in [0.1, 0.15) is 0 Å². The van der Waals surface area contributed by atoms with E-state index in [-0.39, 0.29) is 17.9 Å². The number of thiazole rings is 1. The highest BCUT2D eigenvalue weighted by atomic mass is 32.1. The number of carbonyl (C=O) groups excluding carboxylic acids is 1. The Kier molecular flexibility index (Phi) is 4.02. The summed E-state index contributed by atoms with van der Waals surface area (Å²) in [6.07, 6.45) is 0.955. The number of aryl methyl sites for hydroxylation is 2. The van der Waals surface area contributed by atoms with Gasteiger partial charge in [-0.1, -0.05) is 0 Å². The monoisotopic (exact) mass is 267 g/mol. The van der Waals surface area contributed by atoms with Gasteiger partial charge in [0, 0.05) is 18.5 Å². The Balaban J connectivity index is 2.10. The van der Waals surface area contributed by atoms with Crippen LogP contribution in [0.5, 0.6) is 0 Å². The first-order chi connectivity index (χ1) is 8.50. The molecule has 2 rings (SSSR count). The molecule has 1 amide bonds. The molecule has 4 nitrogen and oxygen atoms in total. The molecule has 1 aliphatic heterocycles. The van der Waals surface area contributed by atoms with E-state index in [2.05, 4.69) is 17.2 Å². The SMILES string of the molecule is Cc1nc(C)c(C(C)N(C)C(=O)C2CCNC2)s1. The lowest BCUT2D eigenvalue weighted by Gasteiger charge is -2.27. The Bertz CT molecular complexity index is 437. The lowest BCUT2D eigenvalue weighted by Crippen LogP contribution is -2.35. The minimum atomic E-state index is 0.115. The molecule has 1 N–H and O–H groups in total. The molecule has 2 heterocycles. The number of nitrogens with zero attached hydrogens (tertiary/aromatic N) is 2. The van der Waals surface area contributed by atoms with E-state index >= 15 is 0 Å². The van der Waals surface area contributed by atoms with Gasteiger partial charge >= 0.3 is 0 Å². The number of amides is 1. The molecule has 2 atom stereocenters. The highest BCUT2D eigenvalue weighted by Crippen LogP contribution is 2.29. The summed E-state index contributed by atoms with van der Waals surface area (Å²) in [5.74, 6) is 0.393. The Morgan fingerprint density at radius 2 is 2.28 bits per heavy atom. The third kappa shape index (κ3) is 2.57. The zero-order valence-corrected chi connectivity index (χ0v) is 12.3. The normalized spacial score (nSPS) is 21.0. The highest BCUT2D eigenvalue weighted by Gasteiger charge is 2.29. The molecule has 1 aromatic heterocycles. The summed E-state index contributed by atoms with van der Waals surface area (Å²) in [7, 11) is 1.90. The van der Waals surface area contributed by atoms with Crippen molar-refractivity contribution in [1.29, 1.82) is 0 Å². The molecule has 1 fully saturated rings. The average Bonchev–Trinajstić information content (AvgIpc) is 2.96. The molecule has 18 heavy (non-hydrogen) atoms. The maximum absolute atomic E-state index is 12.3. The molecular formula is C13H21N3OS. The molecular weight excluding hydrogens is 246 g/mol. The molecule has 2 unspecified atom stereocenters. The lowest BCUT2D eigenvalue weighted by atomic mass is 10.1. The Hall–Kier alpha value is -0.940. The van der Waals surface area contributed by atoms with Crippen LogP contribution in [0.4, 0.5) is 0 Å². The Morgan fingerprint density at radius 1 is 1.56 bits per heavy atom. The number of rotatable bonds is 3. The van der Waals surface area contributed by atoms with Crippen molar-refractivity contribution in [2.24, 2.45) is 5.92 Å². The van der Waals surface area contributed by atoms with Gasteiger partial charge in [0.25, 0.3) is 0 Å². The van der Waals surface area contributed by atoms with Gasteiger partial charge in [0.05, 0.1) is 22.7 Å². The van der Waals surface area contributed by atoms with Gasteiger partial charge in [-0.3, -0.25) is 4.79 Å². The molecule has 0 radical (unpaired) electrons. The predicted molar refractivity (Wildman–Crippen MR) is 73.7 cm³/mol. The van der Waals surface area contributed by atoms with E-state index in [0.717, 1.165) is 30.2 Å². The van der Waals surface area contributed by atoms with E-state index in [1.807, 2.05) is 25.8 Å². The third-order valence-electron chi connectivity index (χ3n) is 3.66. The standard InChI is InChI=1S/C13H21N3OS/c1-8-12(18-10(3)15-8)9(2)16(4)13(17)11-5-6-14-7-11/h9,11,14H,5-7H2,1-4H3. The summed E-state index contributed by atoms with van der Waals surface area (Å²) < 4.78 is 0. The fraction of sp³-hybridized carbons (Fsp3) is 0.692. The maximum atomic E-state index is 12.3. The van der Waals surface area contributed by atoms with Crippen molar-refractivity contribution >= 4 is 17.2 Å². The van der Waals surface area contributed by atoms with Gasteiger partial charge in [-0.2, -0.15) is 0 Å². The van der Waals surface area contributed by atoms with Crippen LogP contribution >= 0.6 is 11.3 Å². The fourth-order valence-corrected chi connectivity index (χ4v) is 3.48. The van der Waals surface area contributed by atoms with Crippen molar-refractivity contribution in [3.05, 3.63) is 15.6 Å². The molecule has 1 saturated heterocycles. The first-order valence-electron chi connectivity index (χ1n) is 6.42. The second kappa shape index (κ2) is 5.36. The molecule has 0 aromatic carbocycles. The summed E-state index contributed by atoms with van der Waals surface area (Å²) in [5.41, 5.74) is 1.05. The van der Waals surface area contributed by atoms with Crippen molar-refractivity contribution in [3.63, 3.8) is 0 Å². The topological polar surface area (TPSA) is 45.2 Å². The largest absolute Gasteiger partial charge is 0.338 e. The molecule has 0 aliphatic carbocycles. The number of hydrogen-bond donors (Lipinski definition) is 1. The van der Waals surface area contributed by atoms with Gasteiger partial charge < -0.3 is 10.2 Å². The van der Waals surface area contributed by atoms with Crippen molar-refractivity contribution in [2.45, 2.75) is 33.2 Å². The minimum absolute atomic E-state index is 0.115. The summed E-state index contributed by atoms with van der Waals surface area (Å²) in [6, 6.07) is 0.115. The van der Waals surface area contributed by atoms with E-state index in [1.54, 1.807) is 11.3 Å². The second-order valence-corrected chi connectivity index (χ2v) is 6.23. The van der Waals surface area contributed by atoms with Gasteiger partial charge in [0.2, 0.25) is 5.91 Å². The summed E-state index contributed by atoms with van der Waals surface area (Å²) >= 11 is 1.69. The van der Waals surface area contributed by atoms with Gasteiger partial charge in [-0.05, 0) is 33.7 Å². The van der Waals surface area contributed by atoms with Crippen LogP contribution in [0.15, 0.2) is 0 Å². The van der Waals surface area contributed by atoms with Crippen LogP contribution in [0.3, 0.4) is 0 Å². The zero-order valence-electron chi connectivity index (χ0n) is 11.5. The summed E-state index contributed by atoms with van der Waals surface area (Å²) in [5, 5.41) is 4.31. The number of aromatic nitrogens is 1. The third-order valence-corrected chi connectivity index (χ3v) is 4.90. The average molecular weight is 267 g/mol. The first-order valence-corrected chi connectivity index (χ1v) is 7.23. The van der Waals surface area contributed by atoms with Crippen LogP contribution < -0.4 is 5.32 Å². The van der Waals surface area contributed by atoms with Gasteiger partial charge in [-0.25, -0.2) is 4.98 Å². The highest BCUT2D eigenvalue weighted by molar-refractivity contribution is 7.11. The quantitative estimate of drug-likeness (QED) is 0.909. The van der Waals surface area contributed by atoms with Crippen LogP contribution in [-0.4, -0.2) is 35.9 Å². The molecule has 100 valence electrons. The summed E-state index contributed by atoms with van der Waals surface area (Å²) in [6.45, 7) is 7.88. The summed E-state index contributed by atoms with van der Waals surface area (Å²) in [4.78, 5) is 19.9. The second-order valence-electron chi connectivity index (χ2n) is 5.00. The van der Waals surface area contributed by atoms with E-state index < -0.39 is 0 Å². The fourth-order valence-electron chi connectivity index (χ4n) is 2.45. The molecule has 0 saturated carbocycles. The van der Waals surface area contributed by atoms with Crippen molar-refractivity contribution < 1.29 is 4.79 Å². The minimum Gasteiger partial charge on any atom is -0.338 e. The molecule has 1 aromatic rings. The number of carbonyl (C=O) groups is 1. The predicted octanol–water partition coefficient (Wildman–Crippen LogP) is 1.89. The van der Waals surface area contributed by atoms with E-state index in [9.17, 15) is 4.79 Å². The van der Waals surface area contributed by atoms with Crippen molar-refractivity contribution in [2.75, 3.05) is 20.1 Å². The molecule has 5 heteroatoms. The van der Waals surface area contributed by atoms with Crippen LogP contribution in [-0.2, 0) is 4.79 Å².